The molecule has 1 fully saturated rings. The maximum atomic E-state index is 12.6. The molecule has 20 heavy (non-hydrogen) atoms. The summed E-state index contributed by atoms with van der Waals surface area (Å²) in [6, 6.07) is 2.45. The van der Waals surface area contributed by atoms with Gasteiger partial charge >= 0.3 is 22.6 Å². The molecule has 1 aromatic carbocycles. The third-order valence-electron chi connectivity index (χ3n) is 2.69. The largest absolute Gasteiger partial charge is 0.464 e. The zero-order valence-corrected chi connectivity index (χ0v) is 10.5. The van der Waals surface area contributed by atoms with Crippen molar-refractivity contribution in [2.45, 2.75) is 12.2 Å². The van der Waals surface area contributed by atoms with Crippen LogP contribution in [0.25, 0.3) is 0 Å². The first-order chi connectivity index (χ1) is 9.13. The van der Waals surface area contributed by atoms with E-state index < -0.39 is 40.8 Å². The molecule has 0 saturated carbocycles. The second-order valence-corrected chi connectivity index (χ2v) is 5.44. The number of alkyl halides is 3. The molecule has 0 aromatic heterocycles. The van der Waals surface area contributed by atoms with Crippen LogP contribution in [0, 0.1) is 0 Å². The quantitative estimate of drug-likeness (QED) is 0.857. The summed E-state index contributed by atoms with van der Waals surface area (Å²) < 4.78 is 64.8. The maximum Gasteiger partial charge on any atom is 0.423 e. The smallest absolute Gasteiger partial charge is 0.423 e. The molecule has 0 aliphatic carbocycles. The van der Waals surface area contributed by atoms with Gasteiger partial charge in [0.25, 0.3) is 0 Å². The first-order valence-corrected chi connectivity index (χ1v) is 6.58. The van der Waals surface area contributed by atoms with Crippen LogP contribution in [0.2, 0.25) is 0 Å². The van der Waals surface area contributed by atoms with Gasteiger partial charge in [0.2, 0.25) is 0 Å². The fourth-order valence-corrected chi connectivity index (χ4v) is 2.91. The van der Waals surface area contributed by atoms with Crippen molar-refractivity contribution in [2.24, 2.45) is 0 Å². The Morgan fingerprint density at radius 1 is 1.40 bits per heavy atom. The Balaban J connectivity index is 2.44. The van der Waals surface area contributed by atoms with Crippen molar-refractivity contribution in [2.75, 3.05) is 6.61 Å². The van der Waals surface area contributed by atoms with Crippen molar-refractivity contribution in [3.8, 4) is 0 Å². The Morgan fingerprint density at radius 2 is 2.05 bits per heavy atom. The molecule has 110 valence electrons. The lowest BCUT2D eigenvalue weighted by Crippen LogP contribution is -2.33. The van der Waals surface area contributed by atoms with Crippen LogP contribution in [0.4, 0.5) is 18.0 Å². The van der Waals surface area contributed by atoms with E-state index in [9.17, 15) is 26.4 Å². The predicted molar refractivity (Wildman–Crippen MR) is 58.9 cm³/mol. The van der Waals surface area contributed by atoms with E-state index in [1.54, 1.807) is 0 Å². The number of amides is 1. The van der Waals surface area contributed by atoms with Gasteiger partial charge in [-0.3, -0.25) is 4.18 Å². The molecule has 2 rings (SSSR count). The highest BCUT2D eigenvalue weighted by molar-refractivity contribution is 7.85. The SMILES string of the molecule is O=C(O)N1[C@@H](c2cccc(C(F)(F)F)c2)COS1(=O)=O. The van der Waals surface area contributed by atoms with Gasteiger partial charge in [-0.05, 0) is 17.7 Å². The second-order valence-electron chi connectivity index (χ2n) is 3.96. The summed E-state index contributed by atoms with van der Waals surface area (Å²) >= 11 is 0. The fraction of sp³-hybridized carbons (Fsp3) is 0.300. The van der Waals surface area contributed by atoms with E-state index >= 15 is 0 Å². The monoisotopic (exact) mass is 311 g/mol. The summed E-state index contributed by atoms with van der Waals surface area (Å²) in [6.07, 6.45) is -6.42. The zero-order chi connectivity index (χ0) is 15.1. The van der Waals surface area contributed by atoms with E-state index in [1.807, 2.05) is 0 Å². The minimum Gasteiger partial charge on any atom is -0.464 e. The molecule has 0 radical (unpaired) electrons. The standard InChI is InChI=1S/C10H8F3NO5S/c11-10(12,13)7-3-1-2-6(4-7)8-5-19-20(17,18)14(8)9(15)16/h1-4,8H,5H2,(H,15,16)/t8-/m1/s1. The van der Waals surface area contributed by atoms with Crippen LogP contribution in [-0.4, -0.2) is 30.5 Å². The van der Waals surface area contributed by atoms with Gasteiger partial charge in [0, 0.05) is 0 Å². The number of hydrogen-bond acceptors (Lipinski definition) is 4. The van der Waals surface area contributed by atoms with Crippen molar-refractivity contribution in [3.05, 3.63) is 35.4 Å². The van der Waals surface area contributed by atoms with Crippen LogP contribution in [0.15, 0.2) is 24.3 Å². The number of benzene rings is 1. The van der Waals surface area contributed by atoms with Gasteiger partial charge in [-0.1, -0.05) is 12.1 Å². The Bertz CT molecular complexity index is 643. The molecule has 1 aromatic rings. The molecular weight excluding hydrogens is 303 g/mol. The highest BCUT2D eigenvalue weighted by atomic mass is 32.2. The molecule has 1 aliphatic heterocycles. The Kier molecular flexibility index (Phi) is 3.38. The number of rotatable bonds is 1. The molecule has 0 bridgehead atoms. The van der Waals surface area contributed by atoms with E-state index in [-0.39, 0.29) is 9.87 Å². The first kappa shape index (κ1) is 14.6. The number of carbonyl (C=O) groups is 1. The molecule has 1 saturated heterocycles. The predicted octanol–water partition coefficient (Wildman–Crippen LogP) is 2.00. The number of halogens is 3. The Labute approximate surface area is 111 Å². The van der Waals surface area contributed by atoms with E-state index in [4.69, 9.17) is 5.11 Å². The summed E-state index contributed by atoms with van der Waals surface area (Å²) in [5.41, 5.74) is -1.10. The fourth-order valence-electron chi connectivity index (χ4n) is 1.81. The first-order valence-electron chi connectivity index (χ1n) is 5.22. The zero-order valence-electron chi connectivity index (χ0n) is 9.66. The number of carboxylic acid groups (broad SMARTS) is 1. The average Bonchev–Trinajstić information content (AvgIpc) is 2.64. The van der Waals surface area contributed by atoms with Gasteiger partial charge < -0.3 is 5.11 Å². The third-order valence-corrected chi connectivity index (χ3v) is 4.01. The molecule has 1 aliphatic rings. The molecule has 6 nitrogen and oxygen atoms in total. The molecule has 10 heteroatoms. The lowest BCUT2D eigenvalue weighted by molar-refractivity contribution is -0.137. The van der Waals surface area contributed by atoms with Crippen LogP contribution >= 0.6 is 0 Å². The second kappa shape index (κ2) is 4.63. The Morgan fingerprint density at radius 3 is 2.60 bits per heavy atom. The maximum absolute atomic E-state index is 12.6. The summed E-state index contributed by atoms with van der Waals surface area (Å²) in [7, 11) is -4.48. The summed E-state index contributed by atoms with van der Waals surface area (Å²) in [4.78, 5) is 10.9. The summed E-state index contributed by atoms with van der Waals surface area (Å²) in [6.45, 7) is -0.560. The number of nitrogens with zero attached hydrogens (tertiary/aromatic N) is 1. The van der Waals surface area contributed by atoms with Gasteiger partial charge in [0.1, 0.15) is 6.04 Å². The van der Waals surface area contributed by atoms with E-state index in [0.29, 0.717) is 6.07 Å². The van der Waals surface area contributed by atoms with Crippen LogP contribution in [0.3, 0.4) is 0 Å². The number of hydrogen-bond donors (Lipinski definition) is 1. The molecule has 0 spiro atoms. The van der Waals surface area contributed by atoms with Crippen molar-refractivity contribution in [1.82, 2.24) is 4.31 Å². The molecule has 1 N–H and O–H groups in total. The van der Waals surface area contributed by atoms with Crippen molar-refractivity contribution >= 4 is 16.4 Å². The van der Waals surface area contributed by atoms with Gasteiger partial charge in [-0.2, -0.15) is 25.9 Å². The van der Waals surface area contributed by atoms with Crippen LogP contribution < -0.4 is 0 Å². The van der Waals surface area contributed by atoms with Gasteiger partial charge in [-0.15, -0.1) is 0 Å². The van der Waals surface area contributed by atoms with Crippen molar-refractivity contribution < 1.29 is 35.7 Å². The van der Waals surface area contributed by atoms with Gasteiger partial charge in [0.15, 0.2) is 0 Å². The lowest BCUT2D eigenvalue weighted by atomic mass is 10.0. The van der Waals surface area contributed by atoms with E-state index in [0.717, 1.165) is 12.1 Å². The van der Waals surface area contributed by atoms with Crippen molar-refractivity contribution in [3.63, 3.8) is 0 Å². The highest BCUT2D eigenvalue weighted by Crippen LogP contribution is 2.35. The van der Waals surface area contributed by atoms with Crippen LogP contribution in [0.5, 0.6) is 0 Å². The molecule has 1 heterocycles. The minimum absolute atomic E-state index is 0.00247. The van der Waals surface area contributed by atoms with Gasteiger partial charge in [-0.25, -0.2) is 4.79 Å². The topological polar surface area (TPSA) is 83.9 Å². The Hall–Kier alpha value is -1.81. The molecule has 0 unspecified atom stereocenters. The summed E-state index contributed by atoms with van der Waals surface area (Å²) in [5, 5.41) is 8.85. The molecular formula is C10H8F3NO5S. The normalized spacial score (nSPS) is 21.9. The van der Waals surface area contributed by atoms with Crippen molar-refractivity contribution in [1.29, 1.82) is 0 Å². The third kappa shape index (κ3) is 2.56. The minimum atomic E-state index is -4.61. The lowest BCUT2D eigenvalue weighted by Gasteiger charge is -2.18. The average molecular weight is 311 g/mol. The summed E-state index contributed by atoms with van der Waals surface area (Å²) in [5.74, 6) is 0. The van der Waals surface area contributed by atoms with Gasteiger partial charge in [0.05, 0.1) is 12.2 Å². The highest BCUT2D eigenvalue weighted by Gasteiger charge is 2.44. The molecule has 1 amide bonds. The van der Waals surface area contributed by atoms with E-state index in [1.165, 1.54) is 6.07 Å². The van der Waals surface area contributed by atoms with E-state index in [2.05, 4.69) is 4.18 Å². The van der Waals surface area contributed by atoms with Crippen LogP contribution in [0.1, 0.15) is 17.2 Å². The molecule has 1 atom stereocenters. The van der Waals surface area contributed by atoms with Crippen LogP contribution in [-0.2, 0) is 20.7 Å².